The maximum atomic E-state index is 12.4. The Labute approximate surface area is 176 Å². The molecule has 6 nitrogen and oxygen atoms in total. The van der Waals surface area contributed by atoms with Crippen molar-refractivity contribution in [1.82, 2.24) is 4.90 Å². The van der Waals surface area contributed by atoms with Crippen LogP contribution in [0.25, 0.3) is 0 Å². The Morgan fingerprint density at radius 2 is 1.83 bits per heavy atom. The predicted octanol–water partition coefficient (Wildman–Crippen LogP) is 3.86. The van der Waals surface area contributed by atoms with Crippen molar-refractivity contribution in [2.75, 3.05) is 48.8 Å². The fourth-order valence-electron chi connectivity index (χ4n) is 3.07. The molecule has 0 aliphatic carbocycles. The highest BCUT2D eigenvalue weighted by atomic mass is 35.5. The molecule has 7 heteroatoms. The largest absolute Gasteiger partial charge is 0.369 e. The van der Waals surface area contributed by atoms with Crippen molar-refractivity contribution in [2.45, 2.75) is 6.92 Å². The van der Waals surface area contributed by atoms with Gasteiger partial charge < -0.3 is 20.4 Å². The van der Waals surface area contributed by atoms with E-state index in [2.05, 4.69) is 27.5 Å². The van der Waals surface area contributed by atoms with Crippen LogP contribution < -0.4 is 15.5 Å². The van der Waals surface area contributed by atoms with Crippen LogP contribution in [0.15, 0.2) is 54.2 Å². The minimum Gasteiger partial charge on any atom is -0.369 e. The predicted molar refractivity (Wildman–Crippen MR) is 118 cm³/mol. The summed E-state index contributed by atoms with van der Waals surface area (Å²) in [5.41, 5.74) is 3.30. The van der Waals surface area contributed by atoms with Crippen LogP contribution in [0.4, 0.5) is 17.1 Å². The molecule has 2 aromatic carbocycles. The van der Waals surface area contributed by atoms with E-state index < -0.39 is 5.91 Å². The third kappa shape index (κ3) is 5.29. The van der Waals surface area contributed by atoms with Crippen LogP contribution in [0.3, 0.4) is 0 Å². The van der Waals surface area contributed by atoms with Gasteiger partial charge in [-0.3, -0.25) is 4.79 Å². The summed E-state index contributed by atoms with van der Waals surface area (Å²) in [6.07, 6.45) is 1.42. The van der Waals surface area contributed by atoms with E-state index >= 15 is 0 Å². The molecule has 0 unspecified atom stereocenters. The van der Waals surface area contributed by atoms with E-state index in [4.69, 9.17) is 11.6 Å². The maximum Gasteiger partial charge on any atom is 0.267 e. The molecule has 2 N–H and O–H groups in total. The molecule has 1 aliphatic rings. The zero-order valence-corrected chi connectivity index (χ0v) is 17.3. The van der Waals surface area contributed by atoms with E-state index in [-0.39, 0.29) is 5.57 Å². The van der Waals surface area contributed by atoms with Crippen LogP contribution in [0.2, 0.25) is 5.02 Å². The van der Waals surface area contributed by atoms with Gasteiger partial charge in [0.05, 0.1) is 0 Å². The van der Waals surface area contributed by atoms with Crippen LogP contribution in [0.5, 0.6) is 0 Å². The molecule has 3 rings (SSSR count). The minimum absolute atomic E-state index is 0.0208. The number of piperazine rings is 1. The number of hydrogen-bond donors (Lipinski definition) is 2. The Morgan fingerprint density at radius 3 is 2.48 bits per heavy atom. The summed E-state index contributed by atoms with van der Waals surface area (Å²) in [6.45, 7) is 5.93. The summed E-state index contributed by atoms with van der Waals surface area (Å²) in [4.78, 5) is 17.1. The van der Waals surface area contributed by atoms with Gasteiger partial charge in [0.1, 0.15) is 11.6 Å². The SMILES string of the molecule is Cc1c(Cl)cccc1NC(=O)/C(C#N)=C\Nc1ccc(N2CCN(C)CC2)cc1. The van der Waals surface area contributed by atoms with Gasteiger partial charge in [-0.25, -0.2) is 0 Å². The van der Waals surface area contributed by atoms with Gasteiger partial charge in [0.15, 0.2) is 0 Å². The third-order valence-electron chi connectivity index (χ3n) is 5.00. The number of anilines is 3. The number of rotatable bonds is 5. The highest BCUT2D eigenvalue weighted by molar-refractivity contribution is 6.31. The molecule has 0 atom stereocenters. The zero-order chi connectivity index (χ0) is 20.8. The summed E-state index contributed by atoms with van der Waals surface area (Å²) in [5.74, 6) is -0.487. The molecular formula is C22H24ClN5O. The molecule has 1 aliphatic heterocycles. The quantitative estimate of drug-likeness (QED) is 0.579. The van der Waals surface area contributed by atoms with E-state index in [1.165, 1.54) is 11.9 Å². The molecule has 0 saturated carbocycles. The van der Waals surface area contributed by atoms with Crippen molar-refractivity contribution < 1.29 is 4.79 Å². The molecule has 1 fully saturated rings. The third-order valence-corrected chi connectivity index (χ3v) is 5.41. The lowest BCUT2D eigenvalue weighted by molar-refractivity contribution is -0.112. The van der Waals surface area contributed by atoms with Crippen LogP contribution >= 0.6 is 11.6 Å². The molecule has 0 radical (unpaired) electrons. The van der Waals surface area contributed by atoms with Crippen LogP contribution in [-0.4, -0.2) is 44.0 Å². The van der Waals surface area contributed by atoms with Gasteiger partial charge in [0, 0.05) is 54.5 Å². The molecule has 150 valence electrons. The second kappa shape index (κ2) is 9.46. The fourth-order valence-corrected chi connectivity index (χ4v) is 3.24. The van der Waals surface area contributed by atoms with Gasteiger partial charge in [0.25, 0.3) is 5.91 Å². The van der Waals surface area contributed by atoms with Gasteiger partial charge in [-0.05, 0) is 55.9 Å². The van der Waals surface area contributed by atoms with Gasteiger partial charge >= 0.3 is 0 Å². The summed E-state index contributed by atoms with van der Waals surface area (Å²) >= 11 is 6.08. The summed E-state index contributed by atoms with van der Waals surface area (Å²) in [7, 11) is 2.13. The molecule has 1 amide bonds. The summed E-state index contributed by atoms with van der Waals surface area (Å²) < 4.78 is 0. The number of carbonyl (C=O) groups excluding carboxylic acids is 1. The second-order valence-electron chi connectivity index (χ2n) is 7.02. The van der Waals surface area contributed by atoms with E-state index in [9.17, 15) is 10.1 Å². The first kappa shape index (κ1) is 20.7. The van der Waals surface area contributed by atoms with Crippen molar-refractivity contribution >= 4 is 34.6 Å². The normalized spacial score (nSPS) is 15.0. The monoisotopic (exact) mass is 409 g/mol. The number of nitrogens with zero attached hydrogens (tertiary/aromatic N) is 3. The fraction of sp³-hybridized carbons (Fsp3) is 0.273. The summed E-state index contributed by atoms with van der Waals surface area (Å²) in [6, 6.07) is 15.2. The number of nitriles is 1. The first-order chi connectivity index (χ1) is 14.0. The standard InChI is InChI=1S/C22H24ClN5O/c1-16-20(23)4-3-5-21(16)26-22(29)17(14-24)15-25-18-6-8-19(9-7-18)28-12-10-27(2)11-13-28/h3-9,15,25H,10-13H2,1-2H3,(H,26,29)/b17-15-. The Morgan fingerprint density at radius 1 is 1.14 bits per heavy atom. The lowest BCUT2D eigenvalue weighted by atomic mass is 10.2. The highest BCUT2D eigenvalue weighted by Crippen LogP contribution is 2.23. The number of halogens is 1. The Hall–Kier alpha value is -3.01. The van der Waals surface area contributed by atoms with E-state index in [0.717, 1.165) is 37.4 Å². The van der Waals surface area contributed by atoms with E-state index in [0.29, 0.717) is 10.7 Å². The number of likely N-dealkylation sites (N-methyl/N-ethyl adjacent to an activating group) is 1. The van der Waals surface area contributed by atoms with Gasteiger partial charge in [-0.15, -0.1) is 0 Å². The molecule has 0 spiro atoms. The highest BCUT2D eigenvalue weighted by Gasteiger charge is 2.14. The average Bonchev–Trinajstić information content (AvgIpc) is 2.73. The molecule has 0 bridgehead atoms. The molecule has 1 heterocycles. The molecule has 1 saturated heterocycles. The van der Waals surface area contributed by atoms with Crippen LogP contribution in [0, 0.1) is 18.3 Å². The number of amides is 1. The molecular weight excluding hydrogens is 386 g/mol. The van der Waals surface area contributed by atoms with Crippen molar-refractivity contribution in [3.05, 3.63) is 64.8 Å². The van der Waals surface area contributed by atoms with Gasteiger partial charge in [-0.1, -0.05) is 17.7 Å². The molecule has 29 heavy (non-hydrogen) atoms. The second-order valence-corrected chi connectivity index (χ2v) is 7.43. The van der Waals surface area contributed by atoms with Gasteiger partial charge in [0.2, 0.25) is 0 Å². The molecule has 2 aromatic rings. The van der Waals surface area contributed by atoms with Crippen LogP contribution in [0.1, 0.15) is 5.56 Å². The Balaban J connectivity index is 1.63. The first-order valence-corrected chi connectivity index (χ1v) is 9.82. The van der Waals surface area contributed by atoms with Crippen molar-refractivity contribution in [1.29, 1.82) is 5.26 Å². The zero-order valence-electron chi connectivity index (χ0n) is 16.6. The average molecular weight is 410 g/mol. The minimum atomic E-state index is -0.487. The molecule has 0 aromatic heterocycles. The smallest absolute Gasteiger partial charge is 0.267 e. The Bertz CT molecular complexity index is 941. The van der Waals surface area contributed by atoms with Crippen molar-refractivity contribution in [3.8, 4) is 6.07 Å². The van der Waals surface area contributed by atoms with Crippen molar-refractivity contribution in [3.63, 3.8) is 0 Å². The lowest BCUT2D eigenvalue weighted by Gasteiger charge is -2.34. The number of carbonyl (C=O) groups is 1. The number of benzene rings is 2. The van der Waals surface area contributed by atoms with Crippen LogP contribution in [-0.2, 0) is 4.79 Å². The topological polar surface area (TPSA) is 71.4 Å². The van der Waals surface area contributed by atoms with Crippen molar-refractivity contribution in [2.24, 2.45) is 0 Å². The number of hydrogen-bond acceptors (Lipinski definition) is 5. The summed E-state index contributed by atoms with van der Waals surface area (Å²) in [5, 5.41) is 15.7. The lowest BCUT2D eigenvalue weighted by Crippen LogP contribution is -2.44. The van der Waals surface area contributed by atoms with E-state index in [1.807, 2.05) is 37.3 Å². The first-order valence-electron chi connectivity index (χ1n) is 9.45. The maximum absolute atomic E-state index is 12.4. The Kier molecular flexibility index (Phi) is 6.76. The number of nitrogens with one attached hydrogen (secondary N) is 2. The van der Waals surface area contributed by atoms with Gasteiger partial charge in [-0.2, -0.15) is 5.26 Å². The van der Waals surface area contributed by atoms with E-state index in [1.54, 1.807) is 18.2 Å².